The minimum atomic E-state index is -4.48. The van der Waals surface area contributed by atoms with Crippen LogP contribution in [-0.4, -0.2) is 27.8 Å². The molecule has 37 heavy (non-hydrogen) atoms. The number of anilines is 3. The SMILES string of the molecule is CCCC(=O)Cc1cc(Nc2ccc(C(F)(F)F)cc2)c(C(=O)Nc2ccc(CCC(=O)O)cc2)cn1. The fraction of sp³-hybridized carbons (Fsp3) is 0.259. The molecule has 1 aromatic heterocycles. The summed E-state index contributed by atoms with van der Waals surface area (Å²) in [5.74, 6) is -1.44. The number of halogens is 3. The van der Waals surface area contributed by atoms with Gasteiger partial charge >= 0.3 is 12.1 Å². The van der Waals surface area contributed by atoms with Crippen LogP contribution in [0.3, 0.4) is 0 Å². The van der Waals surface area contributed by atoms with Crippen LogP contribution in [0, 0.1) is 0 Å². The molecule has 3 aromatic rings. The molecule has 0 atom stereocenters. The second-order valence-electron chi connectivity index (χ2n) is 8.43. The topological polar surface area (TPSA) is 108 Å². The van der Waals surface area contributed by atoms with Gasteiger partial charge in [-0.1, -0.05) is 19.1 Å². The van der Waals surface area contributed by atoms with Crippen LogP contribution >= 0.6 is 0 Å². The van der Waals surface area contributed by atoms with Crippen LogP contribution in [0.1, 0.15) is 53.4 Å². The Hall–Kier alpha value is -4.21. The third-order valence-electron chi connectivity index (χ3n) is 5.44. The van der Waals surface area contributed by atoms with Crippen molar-refractivity contribution in [1.29, 1.82) is 0 Å². The van der Waals surface area contributed by atoms with Crippen molar-refractivity contribution in [2.45, 2.75) is 45.2 Å². The number of carboxylic acids is 1. The molecule has 0 aliphatic rings. The summed E-state index contributed by atoms with van der Waals surface area (Å²) in [4.78, 5) is 40.2. The average Bonchev–Trinajstić information content (AvgIpc) is 2.83. The average molecular weight is 514 g/mol. The second-order valence-corrected chi connectivity index (χ2v) is 8.43. The predicted octanol–water partition coefficient (Wildman–Crippen LogP) is 6.03. The first-order chi connectivity index (χ1) is 17.5. The van der Waals surface area contributed by atoms with Gasteiger partial charge in [-0.05, 0) is 60.9 Å². The number of benzene rings is 2. The highest BCUT2D eigenvalue weighted by Gasteiger charge is 2.30. The van der Waals surface area contributed by atoms with Gasteiger partial charge in [-0.25, -0.2) is 0 Å². The van der Waals surface area contributed by atoms with Gasteiger partial charge in [0.15, 0.2) is 0 Å². The van der Waals surface area contributed by atoms with Gasteiger partial charge < -0.3 is 15.7 Å². The standard InChI is InChI=1S/C27H26F3N3O4/c1-2-3-22(34)14-21-15-24(32-19-11-7-18(8-12-19)27(28,29)30)23(16-31-21)26(37)33-20-9-4-17(5-10-20)6-13-25(35)36/h4-5,7-12,15-16H,2-3,6,13-14H2,1H3,(H,31,32)(H,33,37)(H,35,36). The minimum absolute atomic E-state index is 0.0105. The molecule has 0 aliphatic heterocycles. The van der Waals surface area contributed by atoms with E-state index < -0.39 is 23.6 Å². The number of Topliss-reactive ketones (excluding diaryl/α,β-unsaturated/α-hetero) is 1. The fourth-order valence-electron chi connectivity index (χ4n) is 3.55. The number of pyridine rings is 1. The first-order valence-electron chi connectivity index (χ1n) is 11.6. The van der Waals surface area contributed by atoms with Gasteiger partial charge in [-0.2, -0.15) is 13.2 Å². The highest BCUT2D eigenvalue weighted by atomic mass is 19.4. The normalized spacial score (nSPS) is 11.1. The number of alkyl halides is 3. The van der Waals surface area contributed by atoms with Crippen molar-refractivity contribution in [3.63, 3.8) is 0 Å². The van der Waals surface area contributed by atoms with Crippen molar-refractivity contribution in [3.8, 4) is 0 Å². The van der Waals surface area contributed by atoms with E-state index in [4.69, 9.17) is 5.11 Å². The van der Waals surface area contributed by atoms with Gasteiger partial charge in [0.25, 0.3) is 5.91 Å². The van der Waals surface area contributed by atoms with Gasteiger partial charge in [-0.3, -0.25) is 19.4 Å². The maximum absolute atomic E-state index is 13.1. The van der Waals surface area contributed by atoms with E-state index in [0.29, 0.717) is 36.3 Å². The molecule has 0 spiro atoms. The van der Waals surface area contributed by atoms with Crippen LogP contribution < -0.4 is 10.6 Å². The lowest BCUT2D eigenvalue weighted by Gasteiger charge is -2.15. The molecule has 0 bridgehead atoms. The van der Waals surface area contributed by atoms with E-state index in [1.807, 2.05) is 6.92 Å². The molecule has 0 radical (unpaired) electrons. The van der Waals surface area contributed by atoms with E-state index in [0.717, 1.165) is 17.7 Å². The van der Waals surface area contributed by atoms with Crippen LogP contribution in [0.4, 0.5) is 30.2 Å². The highest BCUT2D eigenvalue weighted by molar-refractivity contribution is 6.08. The highest BCUT2D eigenvalue weighted by Crippen LogP contribution is 2.31. The van der Waals surface area contributed by atoms with E-state index in [1.54, 1.807) is 24.3 Å². The number of rotatable bonds is 11. The Morgan fingerprint density at radius 3 is 2.19 bits per heavy atom. The zero-order chi connectivity index (χ0) is 27.0. The first kappa shape index (κ1) is 27.4. The zero-order valence-corrected chi connectivity index (χ0v) is 20.1. The molecule has 1 heterocycles. The van der Waals surface area contributed by atoms with Crippen molar-refractivity contribution in [3.05, 3.63) is 83.2 Å². The molecule has 2 aromatic carbocycles. The second kappa shape index (κ2) is 12.2. The van der Waals surface area contributed by atoms with Gasteiger partial charge in [-0.15, -0.1) is 0 Å². The number of ketones is 1. The molecule has 0 saturated carbocycles. The number of aryl methyl sites for hydroxylation is 1. The summed E-state index contributed by atoms with van der Waals surface area (Å²) >= 11 is 0. The molecule has 0 saturated heterocycles. The van der Waals surface area contributed by atoms with Crippen LogP contribution in [-0.2, 0) is 28.6 Å². The van der Waals surface area contributed by atoms with Crippen molar-refractivity contribution in [2.24, 2.45) is 0 Å². The monoisotopic (exact) mass is 513 g/mol. The Morgan fingerprint density at radius 1 is 0.946 bits per heavy atom. The van der Waals surface area contributed by atoms with E-state index in [-0.39, 0.29) is 29.9 Å². The molecular formula is C27H26F3N3O4. The predicted molar refractivity (Wildman–Crippen MR) is 133 cm³/mol. The number of hydrogen-bond acceptors (Lipinski definition) is 5. The minimum Gasteiger partial charge on any atom is -0.481 e. The Balaban J connectivity index is 1.84. The summed E-state index contributed by atoms with van der Waals surface area (Å²) < 4.78 is 38.8. The lowest BCUT2D eigenvalue weighted by atomic mass is 10.1. The Labute approximate surface area is 211 Å². The zero-order valence-electron chi connectivity index (χ0n) is 20.1. The van der Waals surface area contributed by atoms with Crippen molar-refractivity contribution < 1.29 is 32.7 Å². The van der Waals surface area contributed by atoms with Crippen molar-refractivity contribution >= 4 is 34.7 Å². The van der Waals surface area contributed by atoms with Gasteiger partial charge in [0.2, 0.25) is 0 Å². The fourth-order valence-corrected chi connectivity index (χ4v) is 3.55. The number of carbonyl (C=O) groups excluding carboxylic acids is 2. The quantitative estimate of drug-likeness (QED) is 0.289. The van der Waals surface area contributed by atoms with Crippen LogP contribution in [0.25, 0.3) is 0 Å². The van der Waals surface area contributed by atoms with E-state index in [2.05, 4.69) is 15.6 Å². The summed E-state index contributed by atoms with van der Waals surface area (Å²) in [7, 11) is 0. The summed E-state index contributed by atoms with van der Waals surface area (Å²) in [6.45, 7) is 1.88. The Bertz CT molecular complexity index is 1260. The van der Waals surface area contributed by atoms with Crippen molar-refractivity contribution in [2.75, 3.05) is 10.6 Å². The van der Waals surface area contributed by atoms with E-state index in [9.17, 15) is 27.6 Å². The summed E-state index contributed by atoms with van der Waals surface area (Å²) in [6.07, 6.45) is -1.68. The van der Waals surface area contributed by atoms with Crippen LogP contribution in [0.15, 0.2) is 60.8 Å². The Morgan fingerprint density at radius 2 is 1.59 bits per heavy atom. The van der Waals surface area contributed by atoms with Gasteiger partial charge in [0.05, 0.1) is 16.8 Å². The smallest absolute Gasteiger partial charge is 0.416 e. The molecule has 7 nitrogen and oxygen atoms in total. The molecule has 0 aliphatic carbocycles. The third-order valence-corrected chi connectivity index (χ3v) is 5.44. The number of nitrogens with one attached hydrogen (secondary N) is 2. The molecule has 0 fully saturated rings. The number of hydrogen-bond donors (Lipinski definition) is 3. The molecular weight excluding hydrogens is 487 g/mol. The van der Waals surface area contributed by atoms with Crippen LogP contribution in [0.2, 0.25) is 0 Å². The number of aliphatic carboxylic acids is 1. The number of carboxylic acid groups (broad SMARTS) is 1. The largest absolute Gasteiger partial charge is 0.481 e. The Kier molecular flexibility index (Phi) is 9.00. The number of amides is 1. The maximum atomic E-state index is 13.1. The van der Waals surface area contributed by atoms with Crippen molar-refractivity contribution in [1.82, 2.24) is 4.98 Å². The first-order valence-corrected chi connectivity index (χ1v) is 11.6. The van der Waals surface area contributed by atoms with Gasteiger partial charge in [0.1, 0.15) is 5.78 Å². The number of nitrogens with zero attached hydrogens (tertiary/aromatic N) is 1. The summed E-state index contributed by atoms with van der Waals surface area (Å²) in [5.41, 5.74) is 1.61. The van der Waals surface area contributed by atoms with Gasteiger partial charge in [0, 0.05) is 42.5 Å². The number of aromatic nitrogens is 1. The lowest BCUT2D eigenvalue weighted by molar-refractivity contribution is -0.138. The maximum Gasteiger partial charge on any atom is 0.416 e. The molecule has 1 amide bonds. The summed E-state index contributed by atoms with van der Waals surface area (Å²) in [5, 5.41) is 14.5. The molecule has 194 valence electrons. The van der Waals surface area contributed by atoms with Crippen LogP contribution in [0.5, 0.6) is 0 Å². The number of carbonyl (C=O) groups is 3. The molecule has 3 N–H and O–H groups in total. The summed E-state index contributed by atoms with van der Waals surface area (Å²) in [6, 6.07) is 12.6. The molecule has 3 rings (SSSR count). The lowest BCUT2D eigenvalue weighted by Crippen LogP contribution is -2.15. The van der Waals surface area contributed by atoms with E-state index >= 15 is 0 Å². The van der Waals surface area contributed by atoms with E-state index in [1.165, 1.54) is 24.4 Å². The third kappa shape index (κ3) is 8.16. The molecule has 0 unspecified atom stereocenters. The molecule has 10 heteroatoms.